The minimum absolute atomic E-state index is 0.293. The zero-order valence-corrected chi connectivity index (χ0v) is 16.6. The van der Waals surface area contributed by atoms with E-state index in [4.69, 9.17) is 0 Å². The molecule has 0 radical (unpaired) electrons. The van der Waals surface area contributed by atoms with Crippen molar-refractivity contribution in [1.29, 1.82) is 0 Å². The molecule has 31 heavy (non-hydrogen) atoms. The monoisotopic (exact) mass is 414 g/mol. The summed E-state index contributed by atoms with van der Waals surface area (Å²) in [7, 11) is 0. The van der Waals surface area contributed by atoms with Crippen LogP contribution in [-0.4, -0.2) is 53.1 Å². The van der Waals surface area contributed by atoms with E-state index < -0.39 is 5.82 Å². The Hall–Kier alpha value is -3.72. The van der Waals surface area contributed by atoms with Gasteiger partial charge in [0, 0.05) is 42.5 Å². The van der Waals surface area contributed by atoms with Gasteiger partial charge in [-0.2, -0.15) is 5.10 Å². The number of nitrogens with one attached hydrogen (secondary N) is 2. The molecule has 0 spiro atoms. The van der Waals surface area contributed by atoms with E-state index in [-0.39, 0.29) is 0 Å². The fraction of sp³-hybridized carbons (Fsp3) is 0.227. The number of rotatable bonds is 4. The van der Waals surface area contributed by atoms with Crippen LogP contribution in [0.5, 0.6) is 0 Å². The minimum atomic E-state index is -0.401. The SMILES string of the molecule is Fc1c(-c2cncc(CN3CCCC3)c2)cnc2n[nH]c(-c3nc4ncccc4[nH]3)c12. The van der Waals surface area contributed by atoms with Crippen LogP contribution in [0, 0.1) is 5.82 Å². The van der Waals surface area contributed by atoms with Gasteiger partial charge in [0.1, 0.15) is 11.5 Å². The number of nitrogens with zero attached hydrogens (tertiary/aromatic N) is 6. The number of halogens is 1. The molecule has 0 bridgehead atoms. The number of likely N-dealkylation sites (tertiary alicyclic amines) is 1. The van der Waals surface area contributed by atoms with Crippen molar-refractivity contribution in [2.75, 3.05) is 13.1 Å². The van der Waals surface area contributed by atoms with Crippen molar-refractivity contribution in [2.24, 2.45) is 0 Å². The van der Waals surface area contributed by atoms with Crippen LogP contribution in [0.1, 0.15) is 18.4 Å². The molecule has 9 heteroatoms. The fourth-order valence-corrected chi connectivity index (χ4v) is 4.21. The molecule has 1 aliphatic heterocycles. The van der Waals surface area contributed by atoms with Gasteiger partial charge >= 0.3 is 0 Å². The van der Waals surface area contributed by atoms with E-state index >= 15 is 4.39 Å². The van der Waals surface area contributed by atoms with Crippen molar-refractivity contribution in [2.45, 2.75) is 19.4 Å². The molecule has 0 amide bonds. The number of fused-ring (bicyclic) bond motifs is 2. The summed E-state index contributed by atoms with van der Waals surface area (Å²) in [5.74, 6) is 0.0669. The summed E-state index contributed by atoms with van der Waals surface area (Å²) in [4.78, 5) is 23.0. The van der Waals surface area contributed by atoms with Gasteiger partial charge in [-0.3, -0.25) is 15.0 Å². The zero-order valence-electron chi connectivity index (χ0n) is 16.6. The van der Waals surface area contributed by atoms with Gasteiger partial charge in [0.05, 0.1) is 10.9 Å². The second-order valence-electron chi connectivity index (χ2n) is 7.81. The third kappa shape index (κ3) is 3.14. The lowest BCUT2D eigenvalue weighted by Gasteiger charge is -2.15. The predicted octanol–water partition coefficient (Wildman–Crippen LogP) is 3.69. The molecular weight excluding hydrogens is 395 g/mol. The van der Waals surface area contributed by atoms with E-state index in [1.807, 2.05) is 24.4 Å². The number of H-pyrrole nitrogens is 2. The summed E-state index contributed by atoms with van der Waals surface area (Å²) in [5, 5.41) is 7.33. The largest absolute Gasteiger partial charge is 0.335 e. The molecule has 6 heterocycles. The van der Waals surface area contributed by atoms with Crippen molar-refractivity contribution in [3.8, 4) is 22.6 Å². The molecule has 0 aliphatic carbocycles. The van der Waals surface area contributed by atoms with Crippen LogP contribution in [0.15, 0.2) is 43.0 Å². The molecule has 1 fully saturated rings. The van der Waals surface area contributed by atoms with Crippen molar-refractivity contribution in [3.05, 3.63) is 54.4 Å². The van der Waals surface area contributed by atoms with Crippen LogP contribution >= 0.6 is 0 Å². The lowest BCUT2D eigenvalue weighted by atomic mass is 10.0. The Morgan fingerprint density at radius 1 is 1.06 bits per heavy atom. The second-order valence-corrected chi connectivity index (χ2v) is 7.81. The van der Waals surface area contributed by atoms with Gasteiger partial charge in [-0.05, 0) is 49.7 Å². The van der Waals surface area contributed by atoms with Gasteiger partial charge in [0.25, 0.3) is 0 Å². The number of pyridine rings is 3. The van der Waals surface area contributed by atoms with E-state index in [1.165, 1.54) is 19.0 Å². The highest BCUT2D eigenvalue weighted by Gasteiger charge is 2.21. The van der Waals surface area contributed by atoms with Crippen LogP contribution in [0.4, 0.5) is 4.39 Å². The first-order valence-corrected chi connectivity index (χ1v) is 10.3. The average molecular weight is 414 g/mol. The van der Waals surface area contributed by atoms with Crippen LogP contribution in [-0.2, 0) is 6.54 Å². The first-order chi connectivity index (χ1) is 15.3. The standard InChI is InChI=1S/C22H19FN8/c23-18-15(14-8-13(9-24-10-14)12-31-6-1-2-7-31)11-26-21-17(18)19(29-30-21)22-27-16-4-3-5-25-20(16)28-22/h3-5,8-11H,1-2,6-7,12H2,(H,25,27,28)(H,26,29,30). The molecule has 0 aromatic carbocycles. The Balaban J connectivity index is 1.44. The lowest BCUT2D eigenvalue weighted by Crippen LogP contribution is -2.18. The van der Waals surface area contributed by atoms with E-state index in [9.17, 15) is 0 Å². The molecule has 8 nitrogen and oxygen atoms in total. The Morgan fingerprint density at radius 2 is 1.97 bits per heavy atom. The molecule has 5 aromatic rings. The topological polar surface area (TPSA) is 99.3 Å². The third-order valence-electron chi connectivity index (χ3n) is 5.72. The molecule has 0 unspecified atom stereocenters. The van der Waals surface area contributed by atoms with Gasteiger partial charge in [-0.1, -0.05) is 0 Å². The van der Waals surface area contributed by atoms with Gasteiger partial charge in [-0.15, -0.1) is 0 Å². The highest BCUT2D eigenvalue weighted by Crippen LogP contribution is 2.32. The van der Waals surface area contributed by atoms with Crippen molar-refractivity contribution in [3.63, 3.8) is 0 Å². The number of hydrogen-bond donors (Lipinski definition) is 2. The summed E-state index contributed by atoms with van der Waals surface area (Å²) >= 11 is 0. The van der Waals surface area contributed by atoms with Gasteiger partial charge in [0.15, 0.2) is 17.1 Å². The minimum Gasteiger partial charge on any atom is -0.335 e. The molecule has 1 saturated heterocycles. The van der Waals surface area contributed by atoms with Crippen molar-refractivity contribution in [1.82, 2.24) is 40.0 Å². The lowest BCUT2D eigenvalue weighted by molar-refractivity contribution is 0.331. The van der Waals surface area contributed by atoms with Crippen LogP contribution in [0.25, 0.3) is 44.8 Å². The second kappa shape index (κ2) is 7.21. The maximum atomic E-state index is 15.7. The summed E-state index contributed by atoms with van der Waals surface area (Å²) in [6.07, 6.45) is 9.14. The third-order valence-corrected chi connectivity index (χ3v) is 5.72. The maximum absolute atomic E-state index is 15.7. The Kier molecular flexibility index (Phi) is 4.20. The first-order valence-electron chi connectivity index (χ1n) is 10.3. The van der Waals surface area contributed by atoms with E-state index in [0.717, 1.165) is 30.7 Å². The van der Waals surface area contributed by atoms with E-state index in [1.54, 1.807) is 12.4 Å². The molecule has 0 saturated carbocycles. The normalized spacial score (nSPS) is 14.7. The van der Waals surface area contributed by atoms with E-state index in [2.05, 4.69) is 40.0 Å². The number of aromatic nitrogens is 7. The molecule has 0 atom stereocenters. The van der Waals surface area contributed by atoms with Gasteiger partial charge < -0.3 is 4.98 Å². The number of aromatic amines is 2. The molecule has 1 aliphatic rings. The quantitative estimate of drug-likeness (QED) is 0.465. The van der Waals surface area contributed by atoms with Crippen LogP contribution < -0.4 is 0 Å². The average Bonchev–Trinajstić information content (AvgIpc) is 3.53. The van der Waals surface area contributed by atoms with Gasteiger partial charge in [0.2, 0.25) is 0 Å². The highest BCUT2D eigenvalue weighted by molar-refractivity contribution is 5.93. The number of imidazole rings is 1. The number of hydrogen-bond acceptors (Lipinski definition) is 6. The van der Waals surface area contributed by atoms with E-state index in [0.29, 0.717) is 39.3 Å². The first kappa shape index (κ1) is 18.1. The highest BCUT2D eigenvalue weighted by atomic mass is 19.1. The van der Waals surface area contributed by atoms with Crippen LogP contribution in [0.3, 0.4) is 0 Å². The molecule has 2 N–H and O–H groups in total. The van der Waals surface area contributed by atoms with Crippen molar-refractivity contribution >= 4 is 22.2 Å². The smallest absolute Gasteiger partial charge is 0.184 e. The Bertz CT molecular complexity index is 1370. The maximum Gasteiger partial charge on any atom is 0.184 e. The summed E-state index contributed by atoms with van der Waals surface area (Å²) in [5.41, 5.74) is 4.22. The zero-order chi connectivity index (χ0) is 20.8. The predicted molar refractivity (Wildman–Crippen MR) is 114 cm³/mol. The van der Waals surface area contributed by atoms with Gasteiger partial charge in [-0.25, -0.2) is 19.3 Å². The van der Waals surface area contributed by atoms with Crippen molar-refractivity contribution < 1.29 is 4.39 Å². The van der Waals surface area contributed by atoms with Crippen LogP contribution in [0.2, 0.25) is 0 Å². The molecular formula is C22H19FN8. The Labute approximate surface area is 176 Å². The summed E-state index contributed by atoms with van der Waals surface area (Å²) in [6, 6.07) is 5.68. The summed E-state index contributed by atoms with van der Waals surface area (Å²) in [6.45, 7) is 3.01. The fourth-order valence-electron chi connectivity index (χ4n) is 4.21. The Morgan fingerprint density at radius 3 is 2.84 bits per heavy atom. The summed E-state index contributed by atoms with van der Waals surface area (Å²) < 4.78 is 15.7. The molecule has 5 aromatic heterocycles. The molecule has 154 valence electrons. The molecule has 6 rings (SSSR count).